The van der Waals surface area contributed by atoms with Gasteiger partial charge in [-0.3, -0.25) is 4.79 Å². The van der Waals surface area contributed by atoms with Crippen LogP contribution in [0.15, 0.2) is 77.6 Å². The van der Waals surface area contributed by atoms with Gasteiger partial charge in [-0.25, -0.2) is 9.38 Å². The Morgan fingerprint density at radius 2 is 1.62 bits per heavy atom. The molecule has 0 radical (unpaired) electrons. The van der Waals surface area contributed by atoms with E-state index in [9.17, 15) is 4.79 Å². The van der Waals surface area contributed by atoms with Crippen LogP contribution in [0, 0.1) is 13.8 Å². The molecule has 6 rings (SSSR count). The van der Waals surface area contributed by atoms with E-state index in [1.54, 1.807) is 4.40 Å². The normalized spacial score (nSPS) is 12.5. The maximum absolute atomic E-state index is 13.3. The van der Waals surface area contributed by atoms with Crippen LogP contribution in [-0.4, -0.2) is 14.0 Å². The van der Waals surface area contributed by atoms with Crippen molar-refractivity contribution in [1.82, 2.24) is 14.0 Å². The van der Waals surface area contributed by atoms with E-state index in [4.69, 9.17) is 0 Å². The molecular weight excluding hydrogens is 414 g/mol. The third kappa shape index (κ3) is 2.82. The van der Waals surface area contributed by atoms with Gasteiger partial charge in [-0.1, -0.05) is 65.9 Å². The van der Waals surface area contributed by atoms with Crippen molar-refractivity contribution in [2.24, 2.45) is 0 Å². The molecule has 0 unspecified atom stereocenters. The molecule has 0 saturated heterocycles. The summed E-state index contributed by atoms with van der Waals surface area (Å²) in [6, 6.07) is 24.7. The van der Waals surface area contributed by atoms with Gasteiger partial charge in [0.1, 0.15) is 0 Å². The Balaban J connectivity index is 1.58. The Bertz CT molecular complexity index is 1750. The van der Waals surface area contributed by atoms with Crippen LogP contribution in [0.4, 0.5) is 0 Å². The smallest absolute Gasteiger partial charge is 0.274 e. The third-order valence-electron chi connectivity index (χ3n) is 6.29. The monoisotopic (exact) mass is 435 g/mol. The number of benzene rings is 3. The summed E-state index contributed by atoms with van der Waals surface area (Å²) in [4.78, 5) is 18.7. The van der Waals surface area contributed by atoms with Crippen molar-refractivity contribution in [3.63, 3.8) is 0 Å². The number of nitrogens with zero attached hydrogens (tertiary/aromatic N) is 3. The lowest BCUT2D eigenvalue weighted by atomic mass is 10.1. The molecule has 3 aromatic carbocycles. The van der Waals surface area contributed by atoms with Crippen molar-refractivity contribution in [3.05, 3.63) is 110 Å². The van der Waals surface area contributed by atoms with Gasteiger partial charge in [-0.05, 0) is 49.2 Å². The van der Waals surface area contributed by atoms with Gasteiger partial charge in [0.15, 0.2) is 4.96 Å². The highest BCUT2D eigenvalue weighted by Crippen LogP contribution is 2.28. The number of hydrogen-bond donors (Lipinski definition) is 0. The van der Waals surface area contributed by atoms with Crippen LogP contribution in [0.1, 0.15) is 22.4 Å². The fourth-order valence-electron chi connectivity index (χ4n) is 4.54. The molecule has 3 heterocycles. The topological polar surface area (TPSA) is 39.3 Å². The lowest BCUT2D eigenvalue weighted by Gasteiger charge is -2.11. The van der Waals surface area contributed by atoms with Crippen molar-refractivity contribution in [2.45, 2.75) is 20.4 Å². The number of thiazole rings is 1. The van der Waals surface area contributed by atoms with Crippen molar-refractivity contribution >= 4 is 44.3 Å². The Labute approximate surface area is 188 Å². The number of fused-ring (bicyclic) bond motifs is 4. The van der Waals surface area contributed by atoms with Gasteiger partial charge in [-0.2, -0.15) is 0 Å². The second-order valence-electron chi connectivity index (χ2n) is 8.16. The van der Waals surface area contributed by atoms with Crippen molar-refractivity contribution < 1.29 is 0 Å². The summed E-state index contributed by atoms with van der Waals surface area (Å²) in [6.45, 7) is 5.09. The fraction of sp³-hybridized carbons (Fsp3) is 0.111. The molecule has 0 bridgehead atoms. The molecule has 0 saturated carbocycles. The first kappa shape index (κ1) is 19.0. The van der Waals surface area contributed by atoms with Crippen LogP contribution in [0.2, 0.25) is 0 Å². The van der Waals surface area contributed by atoms with E-state index in [0.29, 0.717) is 4.53 Å². The lowest BCUT2D eigenvalue weighted by Crippen LogP contribution is -2.22. The first-order chi connectivity index (χ1) is 15.6. The van der Waals surface area contributed by atoms with Gasteiger partial charge in [0.05, 0.1) is 15.6 Å². The molecule has 0 N–H and O–H groups in total. The number of imidazole rings is 1. The molecule has 0 aliphatic rings. The predicted molar refractivity (Wildman–Crippen MR) is 133 cm³/mol. The van der Waals surface area contributed by atoms with Crippen molar-refractivity contribution in [2.75, 3.05) is 0 Å². The zero-order valence-corrected chi connectivity index (χ0v) is 18.7. The summed E-state index contributed by atoms with van der Waals surface area (Å²) < 4.78 is 4.79. The van der Waals surface area contributed by atoms with Gasteiger partial charge in [0.25, 0.3) is 5.56 Å². The van der Waals surface area contributed by atoms with Crippen LogP contribution < -0.4 is 10.1 Å². The van der Waals surface area contributed by atoms with E-state index in [1.165, 1.54) is 28.0 Å². The lowest BCUT2D eigenvalue weighted by molar-refractivity contribution is 0.798. The van der Waals surface area contributed by atoms with E-state index in [1.807, 2.05) is 30.3 Å². The van der Waals surface area contributed by atoms with E-state index < -0.39 is 0 Å². The molecule has 4 nitrogen and oxygen atoms in total. The van der Waals surface area contributed by atoms with Crippen LogP contribution in [0.3, 0.4) is 0 Å². The summed E-state index contributed by atoms with van der Waals surface area (Å²) in [6.07, 6.45) is 2.04. The van der Waals surface area contributed by atoms with Gasteiger partial charge in [-0.15, -0.1) is 0 Å². The van der Waals surface area contributed by atoms with E-state index in [-0.39, 0.29) is 5.56 Å². The summed E-state index contributed by atoms with van der Waals surface area (Å²) in [5, 5.41) is 1.16. The largest absolute Gasteiger partial charge is 0.340 e. The Morgan fingerprint density at radius 1 is 0.906 bits per heavy atom. The maximum atomic E-state index is 13.3. The number of aryl methyl sites for hydroxylation is 1. The first-order valence-corrected chi connectivity index (χ1v) is 11.5. The average Bonchev–Trinajstić information content (AvgIpc) is 3.41. The summed E-state index contributed by atoms with van der Waals surface area (Å²) in [7, 11) is 0. The van der Waals surface area contributed by atoms with Crippen molar-refractivity contribution in [3.8, 4) is 0 Å². The summed E-state index contributed by atoms with van der Waals surface area (Å²) in [5.74, 6) is 0. The number of rotatable bonds is 3. The molecule has 6 aromatic rings. The van der Waals surface area contributed by atoms with Gasteiger partial charge in [0.2, 0.25) is 0 Å². The fourth-order valence-corrected chi connectivity index (χ4v) is 5.51. The molecule has 3 aromatic heterocycles. The highest BCUT2D eigenvalue weighted by atomic mass is 32.1. The highest BCUT2D eigenvalue weighted by molar-refractivity contribution is 7.15. The van der Waals surface area contributed by atoms with Crippen LogP contribution in [0.5, 0.6) is 0 Å². The molecule has 0 amide bonds. The minimum atomic E-state index is -0.00571. The molecule has 0 atom stereocenters. The minimum Gasteiger partial charge on any atom is -0.340 e. The minimum absolute atomic E-state index is 0.00571. The third-order valence-corrected chi connectivity index (χ3v) is 7.26. The van der Waals surface area contributed by atoms with Gasteiger partial charge >= 0.3 is 0 Å². The van der Waals surface area contributed by atoms with Crippen LogP contribution in [0.25, 0.3) is 33.0 Å². The molecule has 156 valence electrons. The molecule has 5 heteroatoms. The van der Waals surface area contributed by atoms with E-state index >= 15 is 0 Å². The molecule has 0 fully saturated rings. The molecule has 0 aliphatic carbocycles. The van der Waals surface area contributed by atoms with Gasteiger partial charge in [0, 0.05) is 28.7 Å². The first-order valence-electron chi connectivity index (χ1n) is 10.7. The van der Waals surface area contributed by atoms with Crippen LogP contribution in [-0.2, 0) is 6.54 Å². The van der Waals surface area contributed by atoms with Crippen molar-refractivity contribution in [1.29, 1.82) is 0 Å². The molecule has 0 aliphatic heterocycles. The molecule has 0 spiro atoms. The Hall–Kier alpha value is -3.70. The summed E-state index contributed by atoms with van der Waals surface area (Å²) in [5.41, 5.74) is 7.73. The second kappa shape index (κ2) is 7.18. The zero-order valence-electron chi connectivity index (χ0n) is 17.9. The predicted octanol–water partition coefficient (Wildman–Crippen LogP) is 5.08. The number of aromatic nitrogens is 3. The maximum Gasteiger partial charge on any atom is 0.274 e. The number of hydrogen-bond acceptors (Lipinski definition) is 3. The SMILES string of the molecule is Cc1ccccc1Cn1c(C)c(C=c2sc3nc4ccccc4n3c2=O)c2ccccc21. The number of para-hydroxylation sites is 3. The molecule has 32 heavy (non-hydrogen) atoms. The van der Waals surface area contributed by atoms with E-state index in [0.717, 1.165) is 39.2 Å². The highest BCUT2D eigenvalue weighted by Gasteiger charge is 2.15. The quantitative estimate of drug-likeness (QED) is 0.389. The standard InChI is InChI=1S/C27H21N3OS/c1-17-9-3-4-10-19(17)16-29-18(2)21(20-11-5-7-13-23(20)29)15-25-26(31)30-24-14-8-6-12-22(24)28-27(30)32-25/h3-15H,16H2,1-2H3. The molecular formula is C27H21N3OS. The van der Waals surface area contributed by atoms with Gasteiger partial charge < -0.3 is 4.57 Å². The Kier molecular flexibility index (Phi) is 4.26. The Morgan fingerprint density at radius 3 is 2.47 bits per heavy atom. The summed E-state index contributed by atoms with van der Waals surface area (Å²) >= 11 is 1.45. The van der Waals surface area contributed by atoms with Crippen LogP contribution >= 0.6 is 11.3 Å². The zero-order chi connectivity index (χ0) is 21.8. The van der Waals surface area contributed by atoms with E-state index in [2.05, 4.69) is 71.9 Å². The second-order valence-corrected chi connectivity index (χ2v) is 9.17. The average molecular weight is 436 g/mol.